The van der Waals surface area contributed by atoms with Gasteiger partial charge in [-0.05, 0) is 54.6 Å². The van der Waals surface area contributed by atoms with Gasteiger partial charge in [0.15, 0.2) is 0 Å². The van der Waals surface area contributed by atoms with Crippen LogP contribution in [0.1, 0.15) is 5.56 Å². The first-order chi connectivity index (χ1) is 12.5. The topological polar surface area (TPSA) is 37.9 Å². The SMILES string of the molecule is FC(F)(F)c1ccc2nc(-c3ccc(Oc4ccccc4)cc3)[nH]c2c1. The van der Waals surface area contributed by atoms with E-state index in [-0.39, 0.29) is 0 Å². The summed E-state index contributed by atoms with van der Waals surface area (Å²) in [7, 11) is 0. The lowest BCUT2D eigenvalue weighted by Gasteiger charge is -2.05. The number of fused-ring (bicyclic) bond motifs is 1. The zero-order valence-electron chi connectivity index (χ0n) is 13.4. The predicted molar refractivity (Wildman–Crippen MR) is 93.0 cm³/mol. The molecule has 1 N–H and O–H groups in total. The van der Waals surface area contributed by atoms with E-state index in [0.29, 0.717) is 22.6 Å². The number of para-hydroxylation sites is 1. The molecule has 0 spiro atoms. The highest BCUT2D eigenvalue weighted by Crippen LogP contribution is 2.32. The smallest absolute Gasteiger partial charge is 0.416 e. The van der Waals surface area contributed by atoms with Crippen molar-refractivity contribution in [2.75, 3.05) is 0 Å². The van der Waals surface area contributed by atoms with E-state index >= 15 is 0 Å². The Balaban J connectivity index is 1.61. The van der Waals surface area contributed by atoms with Crippen LogP contribution >= 0.6 is 0 Å². The van der Waals surface area contributed by atoms with E-state index in [0.717, 1.165) is 23.4 Å². The number of halogens is 3. The Hall–Kier alpha value is -3.28. The van der Waals surface area contributed by atoms with Gasteiger partial charge in [-0.2, -0.15) is 13.2 Å². The van der Waals surface area contributed by atoms with Crippen molar-refractivity contribution in [3.05, 3.63) is 78.4 Å². The average Bonchev–Trinajstić information content (AvgIpc) is 3.06. The number of nitrogens with zero attached hydrogens (tertiary/aromatic N) is 1. The first-order valence-corrected chi connectivity index (χ1v) is 7.89. The van der Waals surface area contributed by atoms with Crippen LogP contribution in [0.2, 0.25) is 0 Å². The van der Waals surface area contributed by atoms with Gasteiger partial charge in [0.1, 0.15) is 17.3 Å². The molecule has 0 aliphatic carbocycles. The fourth-order valence-electron chi connectivity index (χ4n) is 2.63. The van der Waals surface area contributed by atoms with Gasteiger partial charge in [0.2, 0.25) is 0 Å². The van der Waals surface area contributed by atoms with Crippen molar-refractivity contribution in [3.63, 3.8) is 0 Å². The molecule has 0 amide bonds. The fraction of sp³-hybridized carbons (Fsp3) is 0.0500. The minimum Gasteiger partial charge on any atom is -0.457 e. The number of hydrogen-bond acceptors (Lipinski definition) is 2. The Labute approximate surface area is 147 Å². The van der Waals surface area contributed by atoms with Crippen molar-refractivity contribution in [2.24, 2.45) is 0 Å². The molecule has 0 radical (unpaired) electrons. The molecule has 1 heterocycles. The van der Waals surface area contributed by atoms with Gasteiger partial charge >= 0.3 is 6.18 Å². The summed E-state index contributed by atoms with van der Waals surface area (Å²) >= 11 is 0. The molecule has 0 saturated carbocycles. The number of ether oxygens (including phenoxy) is 1. The number of aromatic amines is 1. The van der Waals surface area contributed by atoms with Crippen LogP contribution in [0.25, 0.3) is 22.4 Å². The summed E-state index contributed by atoms with van der Waals surface area (Å²) < 4.78 is 44.2. The summed E-state index contributed by atoms with van der Waals surface area (Å²) in [5.41, 5.74) is 0.888. The molecular weight excluding hydrogens is 341 g/mol. The number of hydrogen-bond donors (Lipinski definition) is 1. The maximum atomic E-state index is 12.8. The molecule has 6 heteroatoms. The molecule has 3 nitrogen and oxygen atoms in total. The number of alkyl halides is 3. The Morgan fingerprint density at radius 2 is 1.50 bits per heavy atom. The standard InChI is InChI=1S/C20H13F3N2O/c21-20(22,23)14-8-11-17-18(12-14)25-19(24-17)13-6-9-16(10-7-13)26-15-4-2-1-3-5-15/h1-12H,(H,24,25). The van der Waals surface area contributed by atoms with Gasteiger partial charge in [0, 0.05) is 5.56 Å². The maximum absolute atomic E-state index is 12.8. The number of aromatic nitrogens is 2. The molecule has 26 heavy (non-hydrogen) atoms. The van der Waals surface area contributed by atoms with Gasteiger partial charge in [-0.1, -0.05) is 18.2 Å². The minimum absolute atomic E-state index is 0.347. The first kappa shape index (κ1) is 16.2. The second-order valence-electron chi connectivity index (χ2n) is 5.75. The summed E-state index contributed by atoms with van der Waals surface area (Å²) in [5, 5.41) is 0. The van der Waals surface area contributed by atoms with Crippen molar-refractivity contribution in [1.29, 1.82) is 0 Å². The van der Waals surface area contributed by atoms with Gasteiger partial charge < -0.3 is 9.72 Å². The normalized spacial score (nSPS) is 11.7. The van der Waals surface area contributed by atoms with Crippen LogP contribution in [-0.2, 0) is 6.18 Å². The van der Waals surface area contributed by atoms with E-state index in [4.69, 9.17) is 4.74 Å². The average molecular weight is 354 g/mol. The number of H-pyrrole nitrogens is 1. The van der Waals surface area contributed by atoms with E-state index in [2.05, 4.69) is 9.97 Å². The molecule has 0 aliphatic heterocycles. The highest BCUT2D eigenvalue weighted by molar-refractivity contribution is 5.80. The van der Waals surface area contributed by atoms with Crippen LogP contribution < -0.4 is 4.74 Å². The second kappa shape index (κ2) is 6.22. The summed E-state index contributed by atoms with van der Waals surface area (Å²) in [6.07, 6.45) is -4.38. The lowest BCUT2D eigenvalue weighted by Crippen LogP contribution is -2.04. The Morgan fingerprint density at radius 3 is 2.19 bits per heavy atom. The quantitative estimate of drug-likeness (QED) is 0.487. The van der Waals surface area contributed by atoms with Gasteiger partial charge in [0.05, 0.1) is 16.6 Å². The second-order valence-corrected chi connectivity index (χ2v) is 5.75. The summed E-state index contributed by atoms with van der Waals surface area (Å²) in [6.45, 7) is 0. The highest BCUT2D eigenvalue weighted by atomic mass is 19.4. The lowest BCUT2D eigenvalue weighted by molar-refractivity contribution is -0.137. The van der Waals surface area contributed by atoms with E-state index in [1.165, 1.54) is 6.07 Å². The molecule has 4 rings (SSSR count). The van der Waals surface area contributed by atoms with E-state index in [9.17, 15) is 13.2 Å². The lowest BCUT2D eigenvalue weighted by atomic mass is 10.2. The van der Waals surface area contributed by atoms with Crippen molar-refractivity contribution >= 4 is 11.0 Å². The molecule has 0 fully saturated rings. The number of nitrogens with one attached hydrogen (secondary N) is 1. The van der Waals surface area contributed by atoms with Crippen molar-refractivity contribution in [1.82, 2.24) is 9.97 Å². The van der Waals surface area contributed by atoms with E-state index in [1.807, 2.05) is 30.3 Å². The molecule has 0 atom stereocenters. The number of benzene rings is 3. The first-order valence-electron chi connectivity index (χ1n) is 7.89. The third kappa shape index (κ3) is 3.26. The van der Waals surface area contributed by atoms with Gasteiger partial charge in [-0.3, -0.25) is 0 Å². The maximum Gasteiger partial charge on any atom is 0.416 e. The summed E-state index contributed by atoms with van der Waals surface area (Å²) in [6, 6.07) is 20.0. The molecule has 4 aromatic rings. The Morgan fingerprint density at radius 1 is 0.808 bits per heavy atom. The largest absolute Gasteiger partial charge is 0.457 e. The molecule has 0 aliphatic rings. The third-order valence-corrected chi connectivity index (χ3v) is 3.92. The zero-order chi connectivity index (χ0) is 18.1. The summed E-state index contributed by atoms with van der Waals surface area (Å²) in [5.74, 6) is 1.89. The van der Waals surface area contributed by atoms with Gasteiger partial charge in [-0.25, -0.2) is 4.98 Å². The summed E-state index contributed by atoms with van der Waals surface area (Å²) in [4.78, 5) is 7.30. The van der Waals surface area contributed by atoms with Crippen LogP contribution in [0.3, 0.4) is 0 Å². The minimum atomic E-state index is -4.38. The molecule has 0 unspecified atom stereocenters. The predicted octanol–water partition coefficient (Wildman–Crippen LogP) is 6.04. The van der Waals surface area contributed by atoms with Crippen molar-refractivity contribution < 1.29 is 17.9 Å². The van der Waals surface area contributed by atoms with Crippen molar-refractivity contribution in [2.45, 2.75) is 6.18 Å². The monoisotopic (exact) mass is 354 g/mol. The van der Waals surface area contributed by atoms with Crippen LogP contribution in [0.5, 0.6) is 11.5 Å². The zero-order valence-corrected chi connectivity index (χ0v) is 13.4. The van der Waals surface area contributed by atoms with Crippen LogP contribution in [0, 0.1) is 0 Å². The van der Waals surface area contributed by atoms with Crippen LogP contribution in [0.4, 0.5) is 13.2 Å². The molecule has 130 valence electrons. The molecule has 0 saturated heterocycles. The van der Waals surface area contributed by atoms with Crippen LogP contribution in [-0.4, -0.2) is 9.97 Å². The number of imidazole rings is 1. The van der Waals surface area contributed by atoms with Gasteiger partial charge in [0.25, 0.3) is 0 Å². The van der Waals surface area contributed by atoms with E-state index in [1.54, 1.807) is 24.3 Å². The molecule has 1 aromatic heterocycles. The Bertz CT molecular complexity index is 1040. The van der Waals surface area contributed by atoms with Crippen LogP contribution in [0.15, 0.2) is 72.8 Å². The number of rotatable bonds is 3. The molecule has 0 bridgehead atoms. The highest BCUT2D eigenvalue weighted by Gasteiger charge is 2.30. The van der Waals surface area contributed by atoms with Gasteiger partial charge in [-0.15, -0.1) is 0 Å². The molecular formula is C20H13F3N2O. The fourth-order valence-corrected chi connectivity index (χ4v) is 2.63. The molecule has 3 aromatic carbocycles. The van der Waals surface area contributed by atoms with Crippen molar-refractivity contribution in [3.8, 4) is 22.9 Å². The Kier molecular flexibility index (Phi) is 3.88. The van der Waals surface area contributed by atoms with E-state index < -0.39 is 11.7 Å². The third-order valence-electron chi connectivity index (χ3n) is 3.92.